The number of nitrogens with zero attached hydrogens (tertiary/aromatic N) is 1. The minimum Gasteiger partial charge on any atom is -0.492 e. The average Bonchev–Trinajstić information content (AvgIpc) is 3.34. The molecule has 5 rings (SSSR count). The van der Waals surface area contributed by atoms with Crippen molar-refractivity contribution in [2.45, 2.75) is 96.9 Å². The number of aliphatic hydroxyl groups is 3. The van der Waals surface area contributed by atoms with Gasteiger partial charge in [-0.05, 0) is 97.7 Å². The lowest BCUT2D eigenvalue weighted by Crippen LogP contribution is -2.62. The van der Waals surface area contributed by atoms with Crippen LogP contribution in [-0.2, 0) is 4.79 Å². The van der Waals surface area contributed by atoms with Crippen LogP contribution in [0.3, 0.4) is 0 Å². The molecule has 5 N–H and O–H groups in total. The van der Waals surface area contributed by atoms with Crippen molar-refractivity contribution in [3.63, 3.8) is 0 Å². The van der Waals surface area contributed by atoms with Crippen LogP contribution in [-0.4, -0.2) is 54.5 Å². The van der Waals surface area contributed by atoms with Crippen molar-refractivity contribution in [1.29, 1.82) is 0 Å². The van der Waals surface area contributed by atoms with E-state index in [0.29, 0.717) is 23.5 Å². The summed E-state index contributed by atoms with van der Waals surface area (Å²) in [7, 11) is 0. The van der Waals surface area contributed by atoms with Crippen LogP contribution in [0.5, 0.6) is 11.8 Å². The summed E-state index contributed by atoms with van der Waals surface area (Å²) in [5, 5.41) is 52.8. The molecule has 1 heterocycles. The third kappa shape index (κ3) is 3.95. The van der Waals surface area contributed by atoms with Crippen molar-refractivity contribution in [2.75, 3.05) is 0 Å². The van der Waals surface area contributed by atoms with E-state index in [9.17, 15) is 30.3 Å². The van der Waals surface area contributed by atoms with Gasteiger partial charge in [0, 0.05) is 18.6 Å². The highest BCUT2D eigenvalue weighted by Gasteiger charge is 2.65. The molecule has 4 aliphatic carbocycles. The summed E-state index contributed by atoms with van der Waals surface area (Å²) in [5.74, 6) is 0.145. The number of hydrogen-bond donors (Lipinski definition) is 5. The Morgan fingerprint density at radius 1 is 1.06 bits per heavy atom. The lowest BCUT2D eigenvalue weighted by molar-refractivity contribution is -0.207. The molecule has 11 atom stereocenters. The zero-order valence-electron chi connectivity index (χ0n) is 21.7. The smallest absolute Gasteiger partial charge is 0.333 e. The summed E-state index contributed by atoms with van der Waals surface area (Å²) < 4.78 is 0.716. The van der Waals surface area contributed by atoms with Gasteiger partial charge in [0.25, 0.3) is 0 Å². The summed E-state index contributed by atoms with van der Waals surface area (Å²) in [6.07, 6.45) is 5.45. The van der Waals surface area contributed by atoms with Crippen LogP contribution in [0.1, 0.15) is 78.6 Å². The molecular formula is C28H43NO7. The van der Waals surface area contributed by atoms with Crippen molar-refractivity contribution in [3.05, 3.63) is 12.1 Å². The number of carbonyl (C=O) groups excluding carboxylic acids is 1. The van der Waals surface area contributed by atoms with E-state index >= 15 is 0 Å². The number of rotatable bonds is 5. The van der Waals surface area contributed by atoms with Crippen molar-refractivity contribution in [1.82, 2.24) is 4.73 Å². The fourth-order valence-electron chi connectivity index (χ4n) is 9.32. The van der Waals surface area contributed by atoms with Gasteiger partial charge in [-0.1, -0.05) is 20.8 Å². The molecule has 1 aromatic heterocycles. The van der Waals surface area contributed by atoms with Crippen LogP contribution < -0.4 is 4.84 Å². The molecule has 0 amide bonds. The lowest BCUT2D eigenvalue weighted by Gasteiger charge is -2.63. The van der Waals surface area contributed by atoms with Crippen molar-refractivity contribution in [2.24, 2.45) is 46.3 Å². The molecule has 8 heteroatoms. The van der Waals surface area contributed by atoms with Crippen LogP contribution in [0.2, 0.25) is 0 Å². The molecular weight excluding hydrogens is 462 g/mol. The second-order valence-corrected chi connectivity index (χ2v) is 12.8. The Bertz CT molecular complexity index is 960. The highest BCUT2D eigenvalue weighted by atomic mass is 16.7. The Labute approximate surface area is 213 Å². The summed E-state index contributed by atoms with van der Waals surface area (Å²) in [5.41, 5.74) is -0.270. The minimum atomic E-state index is -0.534. The topological polar surface area (TPSA) is 132 Å². The second-order valence-electron chi connectivity index (χ2n) is 12.8. The van der Waals surface area contributed by atoms with Gasteiger partial charge in [-0.25, -0.2) is 4.79 Å². The van der Waals surface area contributed by atoms with E-state index in [4.69, 9.17) is 4.84 Å². The summed E-state index contributed by atoms with van der Waals surface area (Å²) in [6, 6.07) is 2.50. The molecule has 0 spiro atoms. The van der Waals surface area contributed by atoms with Gasteiger partial charge in [-0.2, -0.15) is 0 Å². The van der Waals surface area contributed by atoms with Crippen LogP contribution in [0.25, 0.3) is 0 Å². The summed E-state index contributed by atoms with van der Waals surface area (Å²) >= 11 is 0. The molecule has 0 saturated heterocycles. The normalized spacial score (nSPS) is 44.8. The predicted molar refractivity (Wildman–Crippen MR) is 132 cm³/mol. The van der Waals surface area contributed by atoms with Gasteiger partial charge >= 0.3 is 5.97 Å². The quantitative estimate of drug-likeness (QED) is 0.415. The zero-order chi connectivity index (χ0) is 26.0. The highest BCUT2D eigenvalue weighted by molar-refractivity contribution is 5.69. The van der Waals surface area contributed by atoms with E-state index < -0.39 is 18.2 Å². The van der Waals surface area contributed by atoms with E-state index in [0.717, 1.165) is 38.5 Å². The molecule has 0 aromatic carbocycles. The molecule has 4 aliphatic rings. The monoisotopic (exact) mass is 505 g/mol. The first kappa shape index (κ1) is 25.9. The maximum Gasteiger partial charge on any atom is 0.333 e. The standard InChI is InChI=1S/C28H43NO7/c1-15(4-9-25(35)36-29-23(33)7-8-24(29)34)18-5-6-19-26-20(14-22(32)28(18,19)3)27(2)11-10-17(30)12-16(27)13-21(26)31/h7-8,15-22,26,30-34H,4-6,9-14H2,1-3H3/t15-,16?,17-,18-,19?,20?,21-,22+,26?,27+,28-/m1/s1. The minimum absolute atomic E-state index is 0.0501. The molecule has 4 fully saturated rings. The molecule has 8 nitrogen and oxygen atoms in total. The van der Waals surface area contributed by atoms with Gasteiger partial charge in [0.15, 0.2) is 0 Å². The Morgan fingerprint density at radius 2 is 1.75 bits per heavy atom. The van der Waals surface area contributed by atoms with Crippen LogP contribution >= 0.6 is 0 Å². The van der Waals surface area contributed by atoms with Crippen molar-refractivity contribution in [3.8, 4) is 11.8 Å². The molecule has 4 unspecified atom stereocenters. The van der Waals surface area contributed by atoms with Crippen molar-refractivity contribution >= 4 is 5.97 Å². The predicted octanol–water partition coefficient (Wildman–Crippen LogP) is 3.23. The fraction of sp³-hybridized carbons (Fsp3) is 0.821. The lowest BCUT2D eigenvalue weighted by atomic mass is 9.43. The number of aliphatic hydroxyl groups excluding tert-OH is 3. The average molecular weight is 506 g/mol. The maximum absolute atomic E-state index is 12.4. The van der Waals surface area contributed by atoms with Crippen molar-refractivity contribution < 1.29 is 35.2 Å². The number of fused-ring (bicyclic) bond motifs is 5. The van der Waals surface area contributed by atoms with Gasteiger partial charge in [0.1, 0.15) is 0 Å². The Kier molecular flexibility index (Phi) is 6.61. The molecule has 0 aliphatic heterocycles. The van der Waals surface area contributed by atoms with Gasteiger partial charge in [0.05, 0.1) is 18.3 Å². The summed E-state index contributed by atoms with van der Waals surface area (Å²) in [4.78, 5) is 17.5. The Hall–Kier alpha value is -1.77. The Morgan fingerprint density at radius 3 is 2.44 bits per heavy atom. The highest BCUT2D eigenvalue weighted by Crippen LogP contribution is 2.68. The number of hydrogen-bond acceptors (Lipinski definition) is 7. The van der Waals surface area contributed by atoms with E-state index in [1.165, 1.54) is 12.1 Å². The largest absolute Gasteiger partial charge is 0.492 e. The molecule has 36 heavy (non-hydrogen) atoms. The fourth-order valence-corrected chi connectivity index (χ4v) is 9.32. The van der Waals surface area contributed by atoms with Gasteiger partial charge < -0.3 is 30.4 Å². The first-order chi connectivity index (χ1) is 17.0. The first-order valence-electron chi connectivity index (χ1n) is 13.8. The summed E-state index contributed by atoms with van der Waals surface area (Å²) in [6.45, 7) is 6.67. The third-order valence-corrected chi connectivity index (χ3v) is 11.3. The molecule has 4 saturated carbocycles. The second kappa shape index (κ2) is 9.21. The number of carbonyl (C=O) groups is 1. The van der Waals surface area contributed by atoms with Gasteiger partial charge in [-0.3, -0.25) is 0 Å². The van der Waals surface area contributed by atoms with E-state index in [1.807, 2.05) is 0 Å². The Balaban J connectivity index is 1.29. The van der Waals surface area contributed by atoms with E-state index in [2.05, 4.69) is 20.8 Å². The van der Waals surface area contributed by atoms with E-state index in [1.54, 1.807) is 0 Å². The third-order valence-electron chi connectivity index (χ3n) is 11.3. The van der Waals surface area contributed by atoms with Crippen LogP contribution in [0.4, 0.5) is 0 Å². The molecule has 1 aromatic rings. The zero-order valence-corrected chi connectivity index (χ0v) is 21.7. The molecule has 202 valence electrons. The van der Waals surface area contributed by atoms with E-state index in [-0.39, 0.29) is 64.7 Å². The number of aromatic nitrogens is 1. The van der Waals surface area contributed by atoms with Crippen LogP contribution in [0.15, 0.2) is 12.1 Å². The first-order valence-corrected chi connectivity index (χ1v) is 13.8. The SMILES string of the molecule is C[C@H](CCC(=O)On1c(O)ccc1O)[C@H]1CCC2C3C(C[C@H](O)[C@@]21C)[C@@]1(C)CC[C@@H](O)CC1C[C@H]3O. The van der Waals surface area contributed by atoms with Gasteiger partial charge in [-0.15, -0.1) is 4.73 Å². The molecule has 0 bridgehead atoms. The number of aromatic hydroxyl groups is 2. The molecule has 0 radical (unpaired) electrons. The maximum atomic E-state index is 12.4. The van der Waals surface area contributed by atoms with Crippen LogP contribution in [0, 0.1) is 46.3 Å². The van der Waals surface area contributed by atoms with Gasteiger partial charge in [0.2, 0.25) is 11.8 Å².